The van der Waals surface area contributed by atoms with Crippen LogP contribution in [0.1, 0.15) is 44.2 Å². The number of ether oxygens (including phenoxy) is 2. The second kappa shape index (κ2) is 13.6. The minimum absolute atomic E-state index is 0.200. The van der Waals surface area contributed by atoms with Gasteiger partial charge in [-0.3, -0.25) is 9.59 Å². The summed E-state index contributed by atoms with van der Waals surface area (Å²) >= 11 is 6.16. The molecular formula is C30H39ClN4O5. The Morgan fingerprint density at radius 2 is 2.00 bits per heavy atom. The lowest BCUT2D eigenvalue weighted by Crippen LogP contribution is -2.58. The Kier molecular flexibility index (Phi) is 10.2. The number of nitrogens with one attached hydrogen (secondary N) is 1. The largest absolute Gasteiger partial charge is 0.477 e. The molecule has 2 amide bonds. The van der Waals surface area contributed by atoms with Crippen molar-refractivity contribution in [2.24, 2.45) is 10.7 Å². The first-order chi connectivity index (χ1) is 19.2. The summed E-state index contributed by atoms with van der Waals surface area (Å²) in [4.78, 5) is 33.3. The lowest BCUT2D eigenvalue weighted by Gasteiger charge is -2.32. The molecule has 9 nitrogen and oxygen atoms in total. The van der Waals surface area contributed by atoms with E-state index in [2.05, 4.69) is 5.32 Å². The number of nitrogens with two attached hydrogens (primary N) is 1. The van der Waals surface area contributed by atoms with Crippen LogP contribution in [0.25, 0.3) is 0 Å². The molecule has 10 heteroatoms. The Labute approximate surface area is 240 Å². The van der Waals surface area contributed by atoms with E-state index in [0.717, 1.165) is 17.5 Å². The van der Waals surface area contributed by atoms with Gasteiger partial charge in [0.1, 0.15) is 24.2 Å². The first-order valence-corrected chi connectivity index (χ1v) is 14.2. The van der Waals surface area contributed by atoms with E-state index in [1.165, 1.54) is 0 Å². The number of halogens is 1. The third kappa shape index (κ3) is 7.20. The Morgan fingerprint density at radius 1 is 1.25 bits per heavy atom. The van der Waals surface area contributed by atoms with Gasteiger partial charge >= 0.3 is 0 Å². The summed E-state index contributed by atoms with van der Waals surface area (Å²) in [5.41, 5.74) is 7.02. The molecule has 0 saturated carbocycles. The molecule has 216 valence electrons. The molecule has 0 spiro atoms. The number of rotatable bonds is 12. The van der Waals surface area contributed by atoms with Gasteiger partial charge in [0, 0.05) is 18.0 Å². The van der Waals surface area contributed by atoms with Gasteiger partial charge in [-0.1, -0.05) is 61.0 Å². The van der Waals surface area contributed by atoms with Crippen molar-refractivity contribution in [3.63, 3.8) is 0 Å². The number of hydrogen-bond donors (Lipinski definition) is 3. The molecule has 40 heavy (non-hydrogen) atoms. The van der Waals surface area contributed by atoms with Crippen LogP contribution in [0.15, 0.2) is 59.6 Å². The van der Waals surface area contributed by atoms with Gasteiger partial charge in [0.25, 0.3) is 0 Å². The number of carbonyl (C=O) groups excluding carboxylic acids is 2. The van der Waals surface area contributed by atoms with E-state index < -0.39 is 35.7 Å². The van der Waals surface area contributed by atoms with Crippen LogP contribution in [-0.2, 0) is 32.1 Å². The predicted molar refractivity (Wildman–Crippen MR) is 154 cm³/mol. The van der Waals surface area contributed by atoms with Gasteiger partial charge in [-0.25, -0.2) is 4.99 Å². The number of benzene rings is 2. The van der Waals surface area contributed by atoms with Gasteiger partial charge in [-0.15, -0.1) is 0 Å². The normalized spacial score (nSPS) is 22.8. The van der Waals surface area contributed by atoms with Crippen LogP contribution in [0.3, 0.4) is 0 Å². The maximum absolute atomic E-state index is 14.0. The van der Waals surface area contributed by atoms with Crippen molar-refractivity contribution in [3.8, 4) is 0 Å². The number of carbonyl (C=O) groups is 2. The highest BCUT2D eigenvalue weighted by molar-refractivity contribution is 6.30. The van der Waals surface area contributed by atoms with Crippen molar-refractivity contribution >= 4 is 29.3 Å². The Morgan fingerprint density at radius 3 is 2.70 bits per heavy atom. The highest BCUT2D eigenvalue weighted by Gasteiger charge is 2.44. The van der Waals surface area contributed by atoms with Crippen LogP contribution in [0.2, 0.25) is 5.02 Å². The van der Waals surface area contributed by atoms with E-state index in [0.29, 0.717) is 43.3 Å². The minimum atomic E-state index is -0.939. The monoisotopic (exact) mass is 570 g/mol. The smallest absolute Gasteiger partial charge is 0.248 e. The number of nitrogens with zero attached hydrogens (tertiary/aromatic N) is 2. The van der Waals surface area contributed by atoms with Gasteiger partial charge in [-0.2, -0.15) is 0 Å². The maximum Gasteiger partial charge on any atom is 0.248 e. The molecule has 5 atom stereocenters. The van der Waals surface area contributed by atoms with Crippen molar-refractivity contribution < 1.29 is 24.2 Å². The third-order valence-corrected chi connectivity index (χ3v) is 7.77. The first kappa shape index (κ1) is 30.0. The van der Waals surface area contributed by atoms with Gasteiger partial charge in [0.15, 0.2) is 0 Å². The molecule has 2 unspecified atom stereocenters. The predicted octanol–water partition coefficient (Wildman–Crippen LogP) is 2.86. The number of aliphatic hydroxyl groups excluding tert-OH is 1. The SMILES string of the molecule is CC[C@H](N)C(=O)N[C@H](C(=O)N1CCCC1C1=N[C@](CO)(Cc2cccc(Cl)c2)CO1)C(C)OCc1ccccc1. The highest BCUT2D eigenvalue weighted by atomic mass is 35.5. The molecule has 0 aromatic heterocycles. The van der Waals surface area contributed by atoms with Crippen molar-refractivity contribution in [2.75, 3.05) is 19.8 Å². The van der Waals surface area contributed by atoms with E-state index in [-0.39, 0.29) is 19.1 Å². The Balaban J connectivity index is 1.52. The van der Waals surface area contributed by atoms with Gasteiger partial charge < -0.3 is 30.5 Å². The highest BCUT2D eigenvalue weighted by Crippen LogP contribution is 2.30. The molecule has 2 aromatic rings. The summed E-state index contributed by atoms with van der Waals surface area (Å²) in [6, 6.07) is 15.0. The van der Waals surface area contributed by atoms with E-state index in [1.54, 1.807) is 17.9 Å². The van der Waals surface area contributed by atoms with Crippen LogP contribution < -0.4 is 11.1 Å². The molecule has 2 aromatic carbocycles. The second-order valence-electron chi connectivity index (χ2n) is 10.6. The molecule has 0 radical (unpaired) electrons. The summed E-state index contributed by atoms with van der Waals surface area (Å²) in [6.07, 6.45) is 1.70. The summed E-state index contributed by atoms with van der Waals surface area (Å²) in [5, 5.41) is 13.8. The van der Waals surface area contributed by atoms with Crippen LogP contribution in [0.5, 0.6) is 0 Å². The van der Waals surface area contributed by atoms with Crippen molar-refractivity contribution in [1.29, 1.82) is 0 Å². The average molecular weight is 571 g/mol. The molecule has 2 heterocycles. The summed E-state index contributed by atoms with van der Waals surface area (Å²) in [6.45, 7) is 4.37. The molecule has 4 N–H and O–H groups in total. The maximum atomic E-state index is 14.0. The fraction of sp³-hybridized carbons (Fsp3) is 0.500. The van der Waals surface area contributed by atoms with Crippen LogP contribution in [0.4, 0.5) is 0 Å². The van der Waals surface area contributed by atoms with Crippen LogP contribution in [-0.4, -0.2) is 77.2 Å². The third-order valence-electron chi connectivity index (χ3n) is 7.54. The molecule has 2 aliphatic rings. The molecule has 2 aliphatic heterocycles. The molecule has 1 saturated heterocycles. The Hall–Kier alpha value is -2.98. The molecule has 4 rings (SSSR count). The zero-order valence-electron chi connectivity index (χ0n) is 23.1. The van der Waals surface area contributed by atoms with Crippen LogP contribution in [0, 0.1) is 0 Å². The molecule has 1 fully saturated rings. The van der Waals surface area contributed by atoms with Crippen molar-refractivity contribution in [3.05, 3.63) is 70.7 Å². The second-order valence-corrected chi connectivity index (χ2v) is 11.1. The summed E-state index contributed by atoms with van der Waals surface area (Å²) in [5.74, 6) is -0.250. The molecule has 0 bridgehead atoms. The fourth-order valence-electron chi connectivity index (χ4n) is 5.12. The Bertz CT molecular complexity index is 1200. The van der Waals surface area contributed by atoms with E-state index in [1.807, 2.05) is 55.5 Å². The first-order valence-electron chi connectivity index (χ1n) is 13.8. The summed E-state index contributed by atoms with van der Waals surface area (Å²) in [7, 11) is 0. The lowest BCUT2D eigenvalue weighted by molar-refractivity contribution is -0.141. The number of aliphatic imine (C=N–C) groups is 1. The molecule has 0 aliphatic carbocycles. The topological polar surface area (TPSA) is 126 Å². The zero-order valence-corrected chi connectivity index (χ0v) is 23.8. The number of amides is 2. The fourth-order valence-corrected chi connectivity index (χ4v) is 5.33. The van der Waals surface area contributed by atoms with Crippen LogP contribution >= 0.6 is 11.6 Å². The standard InChI is InChI=1S/C30H39ClN4O5/c1-3-24(32)27(37)33-26(20(2)39-17-21-9-5-4-6-10-21)29(38)35-14-8-13-25(35)28-34-30(18-36,19-40-28)16-22-11-7-12-23(31)15-22/h4-7,9-12,15,20,24-26,36H,3,8,13-14,16-19,32H2,1-2H3,(H,33,37)/t20?,24-,25?,26-,30-/m0/s1. The van der Waals surface area contributed by atoms with E-state index in [9.17, 15) is 14.7 Å². The lowest BCUT2D eigenvalue weighted by atomic mass is 9.93. The van der Waals surface area contributed by atoms with Gasteiger partial charge in [0.2, 0.25) is 17.7 Å². The zero-order chi connectivity index (χ0) is 28.7. The number of hydrogen-bond acceptors (Lipinski definition) is 7. The van der Waals surface area contributed by atoms with Gasteiger partial charge in [-0.05, 0) is 49.4 Å². The summed E-state index contributed by atoms with van der Waals surface area (Å²) < 4.78 is 12.1. The number of aliphatic hydroxyl groups is 1. The van der Waals surface area contributed by atoms with Gasteiger partial charge in [0.05, 0.1) is 25.4 Å². The molecular weight excluding hydrogens is 532 g/mol. The van der Waals surface area contributed by atoms with E-state index >= 15 is 0 Å². The van der Waals surface area contributed by atoms with E-state index in [4.69, 9.17) is 31.8 Å². The quantitative estimate of drug-likeness (QED) is 0.360. The minimum Gasteiger partial charge on any atom is -0.477 e. The van der Waals surface area contributed by atoms with Crippen molar-refractivity contribution in [2.45, 2.75) is 75.9 Å². The number of likely N-dealkylation sites (tertiary alicyclic amines) is 1. The average Bonchev–Trinajstić information content (AvgIpc) is 3.62. The van der Waals surface area contributed by atoms with Crippen molar-refractivity contribution in [1.82, 2.24) is 10.2 Å².